The third kappa shape index (κ3) is 4.77. The van der Waals surface area contributed by atoms with Gasteiger partial charge >= 0.3 is 0 Å². The third-order valence-corrected chi connectivity index (χ3v) is 2.80. The molecule has 1 saturated carbocycles. The molecule has 88 valence electrons. The second-order valence-electron chi connectivity index (χ2n) is 4.37. The van der Waals surface area contributed by atoms with E-state index in [1.807, 2.05) is 6.07 Å². The van der Waals surface area contributed by atoms with E-state index in [1.165, 1.54) is 18.4 Å². The summed E-state index contributed by atoms with van der Waals surface area (Å²) in [5.74, 6) is 0.851. The van der Waals surface area contributed by atoms with Crippen LogP contribution in [-0.2, 0) is 15.9 Å². The van der Waals surface area contributed by atoms with E-state index < -0.39 is 0 Å². The lowest BCUT2D eigenvalue weighted by atomic mass is 10.2. The molecule has 0 amide bonds. The predicted octanol–water partition coefficient (Wildman–Crippen LogP) is 2.67. The van der Waals surface area contributed by atoms with Gasteiger partial charge in [-0.2, -0.15) is 0 Å². The van der Waals surface area contributed by atoms with Gasteiger partial charge < -0.3 is 9.47 Å². The molecule has 0 bridgehead atoms. The van der Waals surface area contributed by atoms with Crippen LogP contribution in [0.15, 0.2) is 30.3 Å². The zero-order valence-electron chi connectivity index (χ0n) is 9.73. The van der Waals surface area contributed by atoms with Gasteiger partial charge in [0.15, 0.2) is 0 Å². The SMILES string of the molecule is c1ccc(CCOCCOCC2CC2)cc1. The zero-order valence-corrected chi connectivity index (χ0v) is 9.73. The molecule has 2 heteroatoms. The molecule has 0 saturated heterocycles. The minimum atomic E-state index is 0.722. The molecule has 0 N–H and O–H groups in total. The first kappa shape index (κ1) is 11.6. The van der Waals surface area contributed by atoms with Crippen molar-refractivity contribution in [3.05, 3.63) is 35.9 Å². The molecule has 1 aliphatic rings. The number of ether oxygens (including phenoxy) is 2. The maximum absolute atomic E-state index is 5.51. The Hall–Kier alpha value is -0.860. The van der Waals surface area contributed by atoms with Crippen LogP contribution in [0.25, 0.3) is 0 Å². The van der Waals surface area contributed by atoms with Crippen molar-refractivity contribution >= 4 is 0 Å². The minimum Gasteiger partial charge on any atom is -0.379 e. The van der Waals surface area contributed by atoms with E-state index >= 15 is 0 Å². The predicted molar refractivity (Wildman–Crippen MR) is 64.5 cm³/mol. The summed E-state index contributed by atoms with van der Waals surface area (Å²) < 4.78 is 11.0. The minimum absolute atomic E-state index is 0.722. The van der Waals surface area contributed by atoms with Crippen molar-refractivity contribution < 1.29 is 9.47 Å². The molecule has 1 aromatic rings. The average Bonchev–Trinajstić information content (AvgIpc) is 3.13. The van der Waals surface area contributed by atoms with Crippen molar-refractivity contribution in [3.63, 3.8) is 0 Å². The summed E-state index contributed by atoms with van der Waals surface area (Å²) >= 11 is 0. The van der Waals surface area contributed by atoms with Crippen LogP contribution < -0.4 is 0 Å². The maximum atomic E-state index is 5.51. The van der Waals surface area contributed by atoms with Crippen molar-refractivity contribution in [3.8, 4) is 0 Å². The monoisotopic (exact) mass is 220 g/mol. The molecule has 0 aliphatic heterocycles. The Morgan fingerprint density at radius 2 is 1.69 bits per heavy atom. The van der Waals surface area contributed by atoms with Gasteiger partial charge in [-0.05, 0) is 30.7 Å². The van der Waals surface area contributed by atoms with Crippen LogP contribution in [0.5, 0.6) is 0 Å². The highest BCUT2D eigenvalue weighted by Crippen LogP contribution is 2.28. The van der Waals surface area contributed by atoms with Crippen LogP contribution in [0, 0.1) is 5.92 Å². The molecule has 0 spiro atoms. The van der Waals surface area contributed by atoms with Crippen molar-refractivity contribution in [2.75, 3.05) is 26.4 Å². The molecule has 0 radical (unpaired) electrons. The highest BCUT2D eigenvalue weighted by Gasteiger charge is 2.20. The molecular weight excluding hydrogens is 200 g/mol. The van der Waals surface area contributed by atoms with E-state index in [1.54, 1.807) is 0 Å². The molecule has 2 nitrogen and oxygen atoms in total. The molecule has 1 aliphatic carbocycles. The molecule has 0 heterocycles. The summed E-state index contributed by atoms with van der Waals surface area (Å²) in [5, 5.41) is 0. The smallest absolute Gasteiger partial charge is 0.0700 e. The molecule has 0 unspecified atom stereocenters. The van der Waals surface area contributed by atoms with Crippen molar-refractivity contribution in [2.45, 2.75) is 19.3 Å². The summed E-state index contributed by atoms with van der Waals surface area (Å²) in [6, 6.07) is 10.4. The van der Waals surface area contributed by atoms with Crippen LogP contribution in [-0.4, -0.2) is 26.4 Å². The Kier molecular flexibility index (Phi) is 4.84. The molecule has 1 aromatic carbocycles. The Bertz CT molecular complexity index is 280. The van der Waals surface area contributed by atoms with E-state index in [4.69, 9.17) is 9.47 Å². The second-order valence-corrected chi connectivity index (χ2v) is 4.37. The van der Waals surface area contributed by atoms with Gasteiger partial charge in [0.1, 0.15) is 0 Å². The average molecular weight is 220 g/mol. The van der Waals surface area contributed by atoms with Gasteiger partial charge in [-0.1, -0.05) is 30.3 Å². The number of benzene rings is 1. The van der Waals surface area contributed by atoms with Gasteiger partial charge in [-0.3, -0.25) is 0 Å². The van der Waals surface area contributed by atoms with E-state index in [9.17, 15) is 0 Å². The number of hydrogen-bond donors (Lipinski definition) is 0. The standard InChI is InChI=1S/C14H20O2/c1-2-4-13(5-3-1)8-9-15-10-11-16-12-14-6-7-14/h1-5,14H,6-12H2. The van der Waals surface area contributed by atoms with Gasteiger partial charge in [-0.25, -0.2) is 0 Å². The van der Waals surface area contributed by atoms with Gasteiger partial charge in [0.05, 0.1) is 19.8 Å². The number of rotatable bonds is 8. The fourth-order valence-corrected chi connectivity index (χ4v) is 1.59. The van der Waals surface area contributed by atoms with Crippen molar-refractivity contribution in [1.29, 1.82) is 0 Å². The molecule has 2 rings (SSSR count). The third-order valence-electron chi connectivity index (χ3n) is 2.80. The zero-order chi connectivity index (χ0) is 11.1. The Morgan fingerprint density at radius 1 is 0.938 bits per heavy atom. The molecular formula is C14H20O2. The van der Waals surface area contributed by atoms with Crippen molar-refractivity contribution in [1.82, 2.24) is 0 Å². The van der Waals surface area contributed by atoms with Crippen LogP contribution in [0.2, 0.25) is 0 Å². The quantitative estimate of drug-likeness (QED) is 0.627. The molecule has 1 fully saturated rings. The van der Waals surface area contributed by atoms with E-state index in [-0.39, 0.29) is 0 Å². The Balaban J connectivity index is 1.42. The summed E-state index contributed by atoms with van der Waals surface area (Å²) in [6.45, 7) is 3.18. The second kappa shape index (κ2) is 6.66. The molecule has 0 aromatic heterocycles. The first-order valence-corrected chi connectivity index (χ1v) is 6.14. The van der Waals surface area contributed by atoms with Crippen molar-refractivity contribution in [2.24, 2.45) is 5.92 Å². The van der Waals surface area contributed by atoms with E-state index in [0.717, 1.165) is 38.8 Å². The highest BCUT2D eigenvalue weighted by atomic mass is 16.5. The van der Waals surface area contributed by atoms with Gasteiger partial charge in [-0.15, -0.1) is 0 Å². The maximum Gasteiger partial charge on any atom is 0.0700 e. The first-order chi connectivity index (χ1) is 7.95. The Labute approximate surface area is 97.6 Å². The fraction of sp³-hybridized carbons (Fsp3) is 0.571. The lowest BCUT2D eigenvalue weighted by molar-refractivity contribution is 0.0448. The summed E-state index contributed by atoms with van der Waals surface area (Å²) in [6.07, 6.45) is 3.70. The summed E-state index contributed by atoms with van der Waals surface area (Å²) in [7, 11) is 0. The van der Waals surface area contributed by atoms with Gasteiger partial charge in [0, 0.05) is 6.61 Å². The van der Waals surface area contributed by atoms with Gasteiger partial charge in [0.2, 0.25) is 0 Å². The summed E-state index contributed by atoms with van der Waals surface area (Å²) in [5.41, 5.74) is 1.33. The van der Waals surface area contributed by atoms with Crippen LogP contribution in [0.4, 0.5) is 0 Å². The molecule has 0 atom stereocenters. The highest BCUT2D eigenvalue weighted by molar-refractivity contribution is 5.14. The van der Waals surface area contributed by atoms with E-state index in [0.29, 0.717) is 0 Å². The molecule has 16 heavy (non-hydrogen) atoms. The summed E-state index contributed by atoms with van der Waals surface area (Å²) in [4.78, 5) is 0. The lowest BCUT2D eigenvalue weighted by Gasteiger charge is -2.05. The van der Waals surface area contributed by atoms with Crippen LogP contribution >= 0.6 is 0 Å². The number of hydrogen-bond acceptors (Lipinski definition) is 2. The topological polar surface area (TPSA) is 18.5 Å². The van der Waals surface area contributed by atoms with E-state index in [2.05, 4.69) is 24.3 Å². The van der Waals surface area contributed by atoms with Crippen LogP contribution in [0.1, 0.15) is 18.4 Å². The lowest BCUT2D eigenvalue weighted by Crippen LogP contribution is -2.08. The first-order valence-electron chi connectivity index (χ1n) is 6.14. The van der Waals surface area contributed by atoms with Gasteiger partial charge in [0.25, 0.3) is 0 Å². The Morgan fingerprint density at radius 3 is 2.44 bits per heavy atom. The van der Waals surface area contributed by atoms with Crippen LogP contribution in [0.3, 0.4) is 0 Å². The fourth-order valence-electron chi connectivity index (χ4n) is 1.59. The normalized spacial score (nSPS) is 15.2. The largest absolute Gasteiger partial charge is 0.379 e.